The first-order valence-corrected chi connectivity index (χ1v) is 6.83. The first kappa shape index (κ1) is 49.5. The molecule has 0 atom stereocenters. The molecule has 0 aromatic carbocycles. The van der Waals surface area contributed by atoms with Gasteiger partial charge in [-0.1, -0.05) is 0 Å². The Balaban J connectivity index is -0.0000000160. The Hall–Kier alpha value is 2.24. The average molecular weight is 405 g/mol. The predicted molar refractivity (Wildman–Crippen MR) is 60.5 cm³/mol. The summed E-state index contributed by atoms with van der Waals surface area (Å²) in [6.07, 6.45) is 0. The summed E-state index contributed by atoms with van der Waals surface area (Å²) in [5.41, 5.74) is 0. The van der Waals surface area contributed by atoms with E-state index in [0.29, 0.717) is 0 Å². The maximum absolute atomic E-state index is 8.88. The minimum absolute atomic E-state index is 0. The molecule has 0 aliphatic carbocycles. The van der Waals surface area contributed by atoms with Crippen molar-refractivity contribution in [3.8, 4) is 0 Å². The maximum Gasteiger partial charge on any atom is 2.00 e. The fourth-order valence-corrected chi connectivity index (χ4v) is 0. The Labute approximate surface area is 159 Å². The van der Waals surface area contributed by atoms with E-state index in [1.165, 1.54) is 0 Å². The predicted octanol–water partition coefficient (Wildman–Crippen LogP) is -5.59. The molecule has 0 aromatic heterocycles. The largest absolute Gasteiger partial charge is 2.00 e. The van der Waals surface area contributed by atoms with E-state index in [-0.39, 0.29) is 79.2 Å². The van der Waals surface area contributed by atoms with Crippen molar-refractivity contribution in [2.24, 2.45) is 0 Å². The Kier molecular flexibility index (Phi) is 52.5. The van der Waals surface area contributed by atoms with E-state index >= 15 is 0 Å². The van der Waals surface area contributed by atoms with Crippen molar-refractivity contribution in [1.82, 2.24) is 18.5 Å². The molecule has 0 heterocycles. The van der Waals surface area contributed by atoms with Crippen LogP contribution in [0.1, 0.15) is 0 Å². The van der Waals surface area contributed by atoms with Gasteiger partial charge in [-0.15, -0.1) is 0 Å². The van der Waals surface area contributed by atoms with Gasteiger partial charge in [-0.05, 0) is 0 Å². The molecule has 14 N–H and O–H groups in total. The molecular formula is H14CaMgN3O12P3. The van der Waals surface area contributed by atoms with E-state index in [2.05, 4.69) is 0 Å². The first-order valence-electron chi connectivity index (χ1n) is 2.28. The van der Waals surface area contributed by atoms with Gasteiger partial charge in [-0.2, -0.15) is 7.82 Å². The Morgan fingerprint density at radius 2 is 0.650 bits per heavy atom. The molecule has 0 spiro atoms. The topological polar surface area (TPSA) is 350 Å². The molecule has 0 bridgehead atoms. The van der Waals surface area contributed by atoms with Crippen molar-refractivity contribution in [2.75, 3.05) is 0 Å². The van der Waals surface area contributed by atoms with Crippen LogP contribution in [0.15, 0.2) is 0 Å². The third kappa shape index (κ3) is 1500. The van der Waals surface area contributed by atoms with Crippen molar-refractivity contribution in [2.45, 2.75) is 0 Å². The number of rotatable bonds is 0. The van der Waals surface area contributed by atoms with Crippen molar-refractivity contribution in [3.05, 3.63) is 0 Å². The van der Waals surface area contributed by atoms with Crippen LogP contribution in [-0.2, 0) is 13.7 Å². The molecule has 0 saturated carbocycles. The molecule has 0 aliphatic heterocycles. The smallest absolute Gasteiger partial charge is 0.822 e. The molecule has 120 valence electrons. The summed E-state index contributed by atoms with van der Waals surface area (Å²) in [6.45, 7) is 0. The van der Waals surface area contributed by atoms with Gasteiger partial charge in [0.1, 0.15) is 0 Å². The Morgan fingerprint density at radius 3 is 0.650 bits per heavy atom. The molecule has 15 nitrogen and oxygen atoms in total. The zero-order chi connectivity index (χ0) is 13.5. The molecule has 20 heavy (non-hydrogen) atoms. The SMILES string of the molecule is N.N.N.O=P(O)(O)O.O=P([O-])(O)O.O=P([O-])([O-])[O-].[Ca+2].[Mg+2]. The number of hydrogen-bond acceptors (Lipinski definition) is 10. The molecule has 0 aliphatic rings. The van der Waals surface area contributed by atoms with Crippen LogP contribution in [0.4, 0.5) is 0 Å². The van der Waals surface area contributed by atoms with E-state index in [9.17, 15) is 0 Å². The third-order valence-electron chi connectivity index (χ3n) is 0. The van der Waals surface area contributed by atoms with Crippen LogP contribution in [0.2, 0.25) is 0 Å². The van der Waals surface area contributed by atoms with Gasteiger partial charge in [0, 0.05) is 0 Å². The third-order valence-corrected chi connectivity index (χ3v) is 0. The second-order valence-corrected chi connectivity index (χ2v) is 4.35. The van der Waals surface area contributed by atoms with Gasteiger partial charge in [0.2, 0.25) is 0 Å². The molecule has 0 unspecified atom stereocenters. The Morgan fingerprint density at radius 1 is 0.650 bits per heavy atom. The first-order chi connectivity index (χ1) is 6.00. The second-order valence-electron chi connectivity index (χ2n) is 1.45. The number of hydrogen-bond donors (Lipinski definition) is 8. The van der Waals surface area contributed by atoms with Crippen molar-refractivity contribution >= 4 is 84.3 Å². The van der Waals surface area contributed by atoms with Crippen LogP contribution in [0, 0.1) is 0 Å². The van der Waals surface area contributed by atoms with Crippen molar-refractivity contribution < 1.29 is 57.7 Å². The quantitative estimate of drug-likeness (QED) is 0.137. The monoisotopic (exact) mass is 405 g/mol. The average Bonchev–Trinajstić information content (AvgIpc) is 1.41. The molecule has 20 heteroatoms. The van der Waals surface area contributed by atoms with Gasteiger partial charge in [-0.25, -0.2) is 4.57 Å². The molecule has 0 aromatic rings. The van der Waals surface area contributed by atoms with Crippen LogP contribution >= 0.6 is 23.5 Å². The minimum Gasteiger partial charge on any atom is -0.822 e. The maximum atomic E-state index is 8.88. The van der Waals surface area contributed by atoms with Crippen LogP contribution < -0.4 is 38.0 Å². The molecule has 0 radical (unpaired) electrons. The van der Waals surface area contributed by atoms with Gasteiger partial charge in [0.15, 0.2) is 0 Å². The van der Waals surface area contributed by atoms with Gasteiger partial charge in [-0.3, -0.25) is 4.57 Å². The summed E-state index contributed by atoms with van der Waals surface area (Å²) in [5.74, 6) is 0. The van der Waals surface area contributed by atoms with E-state index in [1.807, 2.05) is 0 Å². The van der Waals surface area contributed by atoms with Crippen LogP contribution in [0.3, 0.4) is 0 Å². The normalized spacial score (nSPS) is 8.85. The fraction of sp³-hybridized carbons (Fsp3) is 0. The molecule has 0 fully saturated rings. The number of phosphoric acid groups is 3. The molecular weight excluding hydrogens is 391 g/mol. The van der Waals surface area contributed by atoms with Gasteiger partial charge < -0.3 is 67.1 Å². The summed E-state index contributed by atoms with van der Waals surface area (Å²) in [4.78, 5) is 70.1. The second kappa shape index (κ2) is 21.2. The molecule has 0 saturated heterocycles. The van der Waals surface area contributed by atoms with Crippen molar-refractivity contribution in [1.29, 1.82) is 0 Å². The van der Waals surface area contributed by atoms with E-state index in [1.54, 1.807) is 0 Å². The summed E-state index contributed by atoms with van der Waals surface area (Å²) >= 11 is 0. The summed E-state index contributed by atoms with van der Waals surface area (Å²) in [5, 5.41) is 0. The zero-order valence-corrected chi connectivity index (χ0v) is 16.3. The minimum atomic E-state index is -5.39. The molecule has 0 rings (SSSR count). The summed E-state index contributed by atoms with van der Waals surface area (Å²) in [7, 11) is -14.9. The summed E-state index contributed by atoms with van der Waals surface area (Å²) < 4.78 is 26.2. The Bertz CT molecular complexity index is 220. The van der Waals surface area contributed by atoms with Gasteiger partial charge in [0.05, 0.1) is 0 Å². The van der Waals surface area contributed by atoms with Crippen LogP contribution in [0.25, 0.3) is 0 Å². The van der Waals surface area contributed by atoms with E-state index < -0.39 is 23.5 Å². The standard InChI is InChI=1S/Ca.Mg.3H3N.3H3O4P/c;;;;;3*1-5(2,3)4/h;;3*1H3;3*(H3,1,2,3,4)/q2*+2;;;;;;/p-4. The van der Waals surface area contributed by atoms with Crippen LogP contribution in [-0.4, -0.2) is 85.3 Å². The van der Waals surface area contributed by atoms with Crippen molar-refractivity contribution in [3.63, 3.8) is 0 Å². The summed E-state index contributed by atoms with van der Waals surface area (Å²) in [6, 6.07) is 0. The fourth-order valence-electron chi connectivity index (χ4n) is 0. The van der Waals surface area contributed by atoms with Gasteiger partial charge >= 0.3 is 68.6 Å². The molecule has 0 amide bonds. The van der Waals surface area contributed by atoms with E-state index in [0.717, 1.165) is 0 Å². The zero-order valence-electron chi connectivity index (χ0n) is 9.97. The van der Waals surface area contributed by atoms with Crippen LogP contribution in [0.5, 0.6) is 0 Å². The van der Waals surface area contributed by atoms with E-state index in [4.69, 9.17) is 57.7 Å². The van der Waals surface area contributed by atoms with Gasteiger partial charge in [0.25, 0.3) is 7.82 Å².